The molecule has 0 amide bonds. The predicted molar refractivity (Wildman–Crippen MR) is 301 cm³/mol. The van der Waals surface area contributed by atoms with Gasteiger partial charge in [0.2, 0.25) is 0 Å². The first-order chi connectivity index (χ1) is 32.6. The van der Waals surface area contributed by atoms with Crippen molar-refractivity contribution in [2.75, 3.05) is 9.80 Å². The first kappa shape index (κ1) is 45.2. The van der Waals surface area contributed by atoms with E-state index in [9.17, 15) is 0 Å². The fraction of sp³-hybridized carbons (Fsp3) is 0.281. The largest absolute Gasteiger partial charge is 0.464 e. The van der Waals surface area contributed by atoms with Crippen molar-refractivity contribution in [3.05, 3.63) is 173 Å². The van der Waals surface area contributed by atoms with E-state index in [0.29, 0.717) is 0 Å². The summed E-state index contributed by atoms with van der Waals surface area (Å²) in [6, 6.07) is 51.2. The molecule has 2 aromatic heterocycles. The van der Waals surface area contributed by atoms with E-state index >= 15 is 0 Å². The zero-order valence-electron chi connectivity index (χ0n) is 43.1. The number of para-hydroxylation sites is 1. The minimum Gasteiger partial charge on any atom is -0.464 e. The van der Waals surface area contributed by atoms with Gasteiger partial charge in [0.25, 0.3) is 6.71 Å². The number of fused-ring (bicyclic) bond motifs is 7. The third-order valence-electron chi connectivity index (χ3n) is 15.0. The van der Waals surface area contributed by atoms with Crippen molar-refractivity contribution in [3.63, 3.8) is 0 Å². The molecule has 5 heteroatoms. The van der Waals surface area contributed by atoms with E-state index in [1.54, 1.807) is 0 Å². The molecule has 9 aromatic rings. The van der Waals surface area contributed by atoms with Crippen molar-refractivity contribution >= 4 is 88.9 Å². The van der Waals surface area contributed by atoms with Crippen molar-refractivity contribution in [1.82, 2.24) is 0 Å². The maximum absolute atomic E-state index is 6.25. The quantitative estimate of drug-likeness (QED) is 0.164. The smallest absolute Gasteiger partial charge is 0.264 e. The van der Waals surface area contributed by atoms with Gasteiger partial charge in [0.15, 0.2) is 0 Å². The second-order valence-electron chi connectivity index (χ2n) is 24.0. The Morgan fingerprint density at radius 2 is 1.04 bits per heavy atom. The van der Waals surface area contributed by atoms with Crippen LogP contribution in [0.25, 0.3) is 43.3 Å². The zero-order chi connectivity index (χ0) is 48.7. The van der Waals surface area contributed by atoms with Crippen LogP contribution in [0.4, 0.5) is 34.1 Å². The number of nitrogens with zero attached hydrogens (tertiary/aromatic N) is 2. The van der Waals surface area contributed by atoms with Crippen molar-refractivity contribution in [2.24, 2.45) is 0 Å². The number of hydrogen-bond acceptors (Lipinski definition) is 4. The van der Waals surface area contributed by atoms with Gasteiger partial charge in [0.05, 0.1) is 23.3 Å². The number of rotatable bonds is 4. The lowest BCUT2D eigenvalue weighted by Gasteiger charge is -2.45. The van der Waals surface area contributed by atoms with Gasteiger partial charge in [0, 0.05) is 48.4 Å². The number of benzene rings is 7. The molecule has 0 bridgehead atoms. The minimum atomic E-state index is -0.162. The van der Waals surface area contributed by atoms with Crippen LogP contribution >= 0.6 is 11.3 Å². The summed E-state index contributed by atoms with van der Waals surface area (Å²) in [4.78, 5) is 5.34. The summed E-state index contributed by atoms with van der Waals surface area (Å²) in [5.41, 5.74) is 23.4. The molecule has 2 aliphatic rings. The first-order valence-corrected chi connectivity index (χ1v) is 25.7. The fourth-order valence-corrected chi connectivity index (χ4v) is 12.3. The van der Waals surface area contributed by atoms with Gasteiger partial charge in [-0.05, 0) is 139 Å². The molecule has 0 atom stereocenters. The maximum atomic E-state index is 6.25. The Morgan fingerprint density at radius 3 is 1.71 bits per heavy atom. The molecule has 69 heavy (non-hydrogen) atoms. The number of hydrogen-bond donors (Lipinski definition) is 0. The van der Waals surface area contributed by atoms with Crippen LogP contribution in [0.15, 0.2) is 144 Å². The van der Waals surface area contributed by atoms with E-state index in [1.807, 2.05) is 17.6 Å². The second kappa shape index (κ2) is 15.6. The molecule has 0 spiro atoms. The molecule has 0 saturated heterocycles. The SMILES string of the molecule is Cc1cc(C(C)(C)C)cc(C)c1N1c2cc(C(C)(C)C)cc3c2B(c2ccc(-c4coc5ccccc45)cc2N3c2ccc(C(C)(C)C)cc2-c2ccccc2)c2sc3ccc(C(C)(C)C)cc3c21. The molecule has 7 aromatic carbocycles. The Morgan fingerprint density at radius 1 is 0.449 bits per heavy atom. The van der Waals surface area contributed by atoms with Gasteiger partial charge in [-0.15, -0.1) is 11.3 Å². The third kappa shape index (κ3) is 7.37. The van der Waals surface area contributed by atoms with Crippen LogP contribution in [0.3, 0.4) is 0 Å². The van der Waals surface area contributed by atoms with Gasteiger partial charge in [-0.3, -0.25) is 0 Å². The van der Waals surface area contributed by atoms with E-state index in [-0.39, 0.29) is 28.4 Å². The van der Waals surface area contributed by atoms with E-state index in [1.165, 1.54) is 104 Å². The highest BCUT2D eigenvalue weighted by Gasteiger charge is 2.47. The summed E-state index contributed by atoms with van der Waals surface area (Å²) < 4.78 is 8.96. The van der Waals surface area contributed by atoms with Crippen molar-refractivity contribution < 1.29 is 4.42 Å². The third-order valence-corrected chi connectivity index (χ3v) is 16.2. The van der Waals surface area contributed by atoms with Gasteiger partial charge >= 0.3 is 0 Å². The van der Waals surface area contributed by atoms with Gasteiger partial charge < -0.3 is 14.2 Å². The average molecular weight is 921 g/mol. The molecule has 0 aliphatic carbocycles. The highest BCUT2D eigenvalue weighted by molar-refractivity contribution is 7.33. The van der Waals surface area contributed by atoms with Crippen LogP contribution < -0.4 is 25.5 Å². The lowest BCUT2D eigenvalue weighted by Crippen LogP contribution is -2.60. The molecule has 0 fully saturated rings. The second-order valence-corrected chi connectivity index (χ2v) is 25.1. The summed E-state index contributed by atoms with van der Waals surface area (Å²) in [7, 11) is 0. The summed E-state index contributed by atoms with van der Waals surface area (Å²) in [5.74, 6) is 0. The van der Waals surface area contributed by atoms with Crippen LogP contribution in [-0.4, -0.2) is 6.71 Å². The summed E-state index contributed by atoms with van der Waals surface area (Å²) in [6.07, 6.45) is 1.95. The normalized spacial score (nSPS) is 13.9. The van der Waals surface area contributed by atoms with E-state index in [0.717, 1.165) is 22.1 Å². The molecular weight excluding hydrogens is 856 g/mol. The fourth-order valence-electron chi connectivity index (χ4n) is 11.0. The summed E-state index contributed by atoms with van der Waals surface area (Å²) in [5, 5.41) is 2.44. The Labute approximate surface area is 414 Å². The Balaban J connectivity index is 1.30. The molecule has 0 radical (unpaired) electrons. The molecule has 2 aliphatic heterocycles. The van der Waals surface area contributed by atoms with Gasteiger partial charge in [0.1, 0.15) is 5.58 Å². The number of aryl methyl sites for hydroxylation is 2. The lowest BCUT2D eigenvalue weighted by atomic mass is 9.36. The van der Waals surface area contributed by atoms with Crippen LogP contribution in [0, 0.1) is 13.8 Å². The number of anilines is 6. The monoisotopic (exact) mass is 920 g/mol. The first-order valence-electron chi connectivity index (χ1n) is 24.9. The number of thiophene rings is 1. The van der Waals surface area contributed by atoms with Crippen LogP contribution in [0.2, 0.25) is 0 Å². The highest BCUT2D eigenvalue weighted by atomic mass is 32.1. The van der Waals surface area contributed by atoms with Gasteiger partial charge in [-0.25, -0.2) is 0 Å². The molecule has 4 heterocycles. The molecule has 0 N–H and O–H groups in total. The zero-order valence-corrected chi connectivity index (χ0v) is 43.9. The minimum absolute atomic E-state index is 0.0129. The summed E-state index contributed by atoms with van der Waals surface area (Å²) in [6.45, 7) is 32.8. The van der Waals surface area contributed by atoms with Gasteiger partial charge in [-0.2, -0.15) is 0 Å². The standard InChI is InChI=1S/C64H65BN2OS/c1-38-30-44(63(9,10)11)31-39(2)58(38)67-54-36-45(64(12,13)14)35-53-57(54)65(60-59(67)48-34-43(62(6,7)8)26-29-56(48)69-60)50-27-24-41(49-37-68-55-23-19-18-22-46(49)55)32-52(50)66(53)51-28-25-42(61(3,4)5)33-47(51)40-20-16-15-17-21-40/h15-37H,1-14H3. The number of furan rings is 1. The van der Waals surface area contributed by atoms with Crippen molar-refractivity contribution in [2.45, 2.75) is 119 Å². The Hall–Kier alpha value is -6.30. The summed E-state index contributed by atoms with van der Waals surface area (Å²) >= 11 is 1.98. The molecule has 0 unspecified atom stereocenters. The molecular formula is C64H65BN2OS. The van der Waals surface area contributed by atoms with E-state index in [4.69, 9.17) is 4.42 Å². The van der Waals surface area contributed by atoms with Crippen LogP contribution in [0.1, 0.15) is 116 Å². The molecule has 3 nitrogen and oxygen atoms in total. The van der Waals surface area contributed by atoms with Crippen molar-refractivity contribution in [3.8, 4) is 22.3 Å². The average Bonchev–Trinajstić information content (AvgIpc) is 3.90. The van der Waals surface area contributed by atoms with Crippen LogP contribution in [-0.2, 0) is 21.7 Å². The molecule has 11 rings (SSSR count). The maximum Gasteiger partial charge on any atom is 0.264 e. The molecule has 346 valence electrons. The highest BCUT2D eigenvalue weighted by Crippen LogP contribution is 2.53. The predicted octanol–water partition coefficient (Wildman–Crippen LogP) is 16.9. The van der Waals surface area contributed by atoms with E-state index < -0.39 is 0 Å². The topological polar surface area (TPSA) is 19.6 Å². The lowest BCUT2D eigenvalue weighted by molar-refractivity contribution is 0.589. The van der Waals surface area contributed by atoms with Crippen LogP contribution in [0.5, 0.6) is 0 Å². The Bertz CT molecular complexity index is 3500. The Kier molecular flexibility index (Phi) is 10.2. The molecule has 0 saturated carbocycles. The van der Waals surface area contributed by atoms with E-state index in [2.05, 4.69) is 240 Å². The van der Waals surface area contributed by atoms with Crippen molar-refractivity contribution in [1.29, 1.82) is 0 Å². The van der Waals surface area contributed by atoms with Gasteiger partial charge in [-0.1, -0.05) is 168 Å².